The van der Waals surface area contributed by atoms with Crippen molar-refractivity contribution in [3.05, 3.63) is 35.4 Å². The van der Waals surface area contributed by atoms with Crippen molar-refractivity contribution in [2.24, 2.45) is 0 Å². The molecule has 1 saturated heterocycles. The number of hydrogen-bond donors (Lipinski definition) is 2. The van der Waals surface area contributed by atoms with Crippen molar-refractivity contribution >= 4 is 17.8 Å². The van der Waals surface area contributed by atoms with E-state index in [0.717, 1.165) is 42.6 Å². The Morgan fingerprint density at radius 2 is 1.96 bits per heavy atom. The molecule has 2 N–H and O–H groups in total. The fraction of sp³-hybridized carbons (Fsp3) is 0.550. The zero-order chi connectivity index (χ0) is 18.3. The first kappa shape index (κ1) is 17.1. The zero-order valence-electron chi connectivity index (χ0n) is 15.1. The summed E-state index contributed by atoms with van der Waals surface area (Å²) in [6.45, 7) is 1.63. The van der Waals surface area contributed by atoms with Gasteiger partial charge in [0.2, 0.25) is 5.91 Å². The third kappa shape index (κ3) is 2.68. The van der Waals surface area contributed by atoms with E-state index in [4.69, 9.17) is 0 Å². The van der Waals surface area contributed by atoms with E-state index < -0.39 is 17.6 Å². The number of benzene rings is 1. The third-order valence-electron chi connectivity index (χ3n) is 6.10. The van der Waals surface area contributed by atoms with Gasteiger partial charge in [-0.3, -0.25) is 9.59 Å². The van der Waals surface area contributed by atoms with Gasteiger partial charge in [0.25, 0.3) is 5.91 Å². The number of rotatable bonds is 3. The monoisotopic (exact) mass is 355 g/mol. The molecule has 3 aliphatic rings. The number of fused-ring (bicyclic) bond motifs is 1. The molecular weight excluding hydrogens is 330 g/mol. The molecule has 26 heavy (non-hydrogen) atoms. The second-order valence-electron chi connectivity index (χ2n) is 7.72. The Balaban J connectivity index is 1.49. The molecule has 2 atom stereocenters. The van der Waals surface area contributed by atoms with Crippen molar-refractivity contribution < 1.29 is 14.4 Å². The Bertz CT molecular complexity index is 754. The van der Waals surface area contributed by atoms with Crippen LogP contribution in [-0.2, 0) is 16.0 Å². The van der Waals surface area contributed by atoms with Crippen LogP contribution in [0.25, 0.3) is 0 Å². The highest BCUT2D eigenvalue weighted by Gasteiger charge is 2.54. The molecule has 1 spiro atoms. The minimum Gasteiger partial charge on any atom is -0.347 e. The lowest BCUT2D eigenvalue weighted by Crippen LogP contribution is -2.50. The number of aryl methyl sites for hydroxylation is 1. The third-order valence-corrected chi connectivity index (χ3v) is 6.10. The summed E-state index contributed by atoms with van der Waals surface area (Å²) in [5, 5.41) is 5.90. The van der Waals surface area contributed by atoms with Gasteiger partial charge in [0.1, 0.15) is 11.6 Å². The average molecular weight is 355 g/mol. The molecular formula is C20H25N3O3. The van der Waals surface area contributed by atoms with Gasteiger partial charge >= 0.3 is 6.03 Å². The molecule has 1 heterocycles. The van der Waals surface area contributed by atoms with Crippen LogP contribution in [0.15, 0.2) is 24.3 Å². The molecule has 2 aliphatic carbocycles. The topological polar surface area (TPSA) is 78.5 Å². The standard InChI is InChI=1S/C20H25N3O3/c1-13(23-18(25)20(22-19(23)26)11-4-5-12-20)17(24)21-16-10-6-8-14-7-2-3-9-15(14)16/h2-3,7,9,13,16H,4-6,8,10-12H2,1H3,(H,21,24)(H,22,26). The van der Waals surface area contributed by atoms with E-state index >= 15 is 0 Å². The highest BCUT2D eigenvalue weighted by atomic mass is 16.2. The SMILES string of the molecule is CC(C(=O)NC1CCCc2ccccc21)N1C(=O)NC2(CCCC2)C1=O. The number of nitrogens with one attached hydrogen (secondary N) is 2. The van der Waals surface area contributed by atoms with Gasteiger partial charge in [-0.1, -0.05) is 37.1 Å². The van der Waals surface area contributed by atoms with Crippen LogP contribution in [0.1, 0.15) is 62.6 Å². The van der Waals surface area contributed by atoms with E-state index in [2.05, 4.69) is 16.7 Å². The maximum Gasteiger partial charge on any atom is 0.325 e. The fourth-order valence-electron chi connectivity index (χ4n) is 4.62. The van der Waals surface area contributed by atoms with Gasteiger partial charge < -0.3 is 10.6 Å². The number of imide groups is 1. The number of nitrogens with zero attached hydrogens (tertiary/aromatic N) is 1. The zero-order valence-corrected chi connectivity index (χ0v) is 15.1. The number of hydrogen-bond acceptors (Lipinski definition) is 3. The van der Waals surface area contributed by atoms with E-state index in [0.29, 0.717) is 12.8 Å². The van der Waals surface area contributed by atoms with Crippen LogP contribution in [0, 0.1) is 0 Å². The van der Waals surface area contributed by atoms with Gasteiger partial charge in [-0.2, -0.15) is 0 Å². The van der Waals surface area contributed by atoms with Gasteiger partial charge in [-0.05, 0) is 50.2 Å². The first-order valence-corrected chi connectivity index (χ1v) is 9.56. The van der Waals surface area contributed by atoms with Crippen molar-refractivity contribution in [1.82, 2.24) is 15.5 Å². The van der Waals surface area contributed by atoms with Gasteiger partial charge in [0.15, 0.2) is 0 Å². The van der Waals surface area contributed by atoms with Crippen LogP contribution in [0.2, 0.25) is 0 Å². The molecule has 4 amide bonds. The Kier molecular flexibility index (Phi) is 4.21. The summed E-state index contributed by atoms with van der Waals surface area (Å²) >= 11 is 0. The lowest BCUT2D eigenvalue weighted by molar-refractivity contribution is -0.138. The molecule has 4 rings (SSSR count). The second kappa shape index (κ2) is 6.41. The second-order valence-corrected chi connectivity index (χ2v) is 7.72. The fourth-order valence-corrected chi connectivity index (χ4v) is 4.62. The molecule has 6 heteroatoms. The van der Waals surface area contributed by atoms with Gasteiger partial charge in [-0.15, -0.1) is 0 Å². The molecule has 1 aromatic carbocycles. The van der Waals surface area contributed by atoms with E-state index in [1.807, 2.05) is 18.2 Å². The molecule has 0 radical (unpaired) electrons. The molecule has 1 aliphatic heterocycles. The van der Waals surface area contributed by atoms with E-state index in [1.54, 1.807) is 6.92 Å². The Morgan fingerprint density at radius 3 is 2.73 bits per heavy atom. The minimum atomic E-state index is -0.809. The number of carbonyl (C=O) groups is 3. The van der Waals surface area contributed by atoms with Gasteiger partial charge in [0, 0.05) is 0 Å². The lowest BCUT2D eigenvalue weighted by Gasteiger charge is -2.29. The van der Waals surface area contributed by atoms with Crippen LogP contribution < -0.4 is 10.6 Å². The molecule has 2 fully saturated rings. The van der Waals surface area contributed by atoms with E-state index in [9.17, 15) is 14.4 Å². The summed E-state index contributed by atoms with van der Waals surface area (Å²) in [4.78, 5) is 39.2. The summed E-state index contributed by atoms with van der Waals surface area (Å²) in [5.41, 5.74) is 1.63. The summed E-state index contributed by atoms with van der Waals surface area (Å²) in [6.07, 6.45) is 6.10. The van der Waals surface area contributed by atoms with Crippen molar-refractivity contribution in [2.75, 3.05) is 0 Å². The van der Waals surface area contributed by atoms with E-state index in [1.165, 1.54) is 5.56 Å². The Morgan fingerprint density at radius 1 is 1.23 bits per heavy atom. The quantitative estimate of drug-likeness (QED) is 0.818. The van der Waals surface area contributed by atoms with Crippen LogP contribution in [-0.4, -0.2) is 34.3 Å². The van der Waals surface area contributed by atoms with Gasteiger partial charge in [0.05, 0.1) is 6.04 Å². The van der Waals surface area contributed by atoms with Gasteiger partial charge in [-0.25, -0.2) is 9.69 Å². The Labute approximate surface area is 153 Å². The number of carbonyl (C=O) groups excluding carboxylic acids is 3. The molecule has 0 bridgehead atoms. The molecule has 2 unspecified atom stereocenters. The first-order valence-electron chi connectivity index (χ1n) is 9.56. The predicted octanol–water partition coefficient (Wildman–Crippen LogP) is 2.43. The van der Waals surface area contributed by atoms with Crippen LogP contribution in [0.4, 0.5) is 4.79 Å². The maximum atomic E-state index is 12.8. The highest BCUT2D eigenvalue weighted by Crippen LogP contribution is 2.36. The molecule has 0 aromatic heterocycles. The smallest absolute Gasteiger partial charge is 0.325 e. The summed E-state index contributed by atoms with van der Waals surface area (Å²) in [6, 6.07) is 6.83. The number of amides is 4. The predicted molar refractivity (Wildman–Crippen MR) is 96.3 cm³/mol. The van der Waals surface area contributed by atoms with Crippen LogP contribution >= 0.6 is 0 Å². The lowest BCUT2D eigenvalue weighted by atomic mass is 9.87. The molecule has 6 nitrogen and oxygen atoms in total. The van der Waals surface area contributed by atoms with Crippen LogP contribution in [0.3, 0.4) is 0 Å². The molecule has 1 aromatic rings. The van der Waals surface area contributed by atoms with Crippen molar-refractivity contribution in [3.8, 4) is 0 Å². The van der Waals surface area contributed by atoms with Crippen LogP contribution in [0.5, 0.6) is 0 Å². The molecule has 1 saturated carbocycles. The molecule has 138 valence electrons. The Hall–Kier alpha value is -2.37. The van der Waals surface area contributed by atoms with Crippen molar-refractivity contribution in [2.45, 2.75) is 69.5 Å². The first-order chi connectivity index (χ1) is 12.5. The summed E-state index contributed by atoms with van der Waals surface area (Å²) in [5.74, 6) is -0.517. The normalized spacial score (nSPS) is 25.1. The highest BCUT2D eigenvalue weighted by molar-refractivity contribution is 6.10. The number of urea groups is 1. The minimum absolute atomic E-state index is 0.0592. The van der Waals surface area contributed by atoms with Crippen molar-refractivity contribution in [1.29, 1.82) is 0 Å². The summed E-state index contributed by atoms with van der Waals surface area (Å²) < 4.78 is 0. The van der Waals surface area contributed by atoms with E-state index in [-0.39, 0.29) is 17.9 Å². The van der Waals surface area contributed by atoms with Crippen molar-refractivity contribution in [3.63, 3.8) is 0 Å². The average Bonchev–Trinajstić information content (AvgIpc) is 3.20. The largest absolute Gasteiger partial charge is 0.347 e. The maximum absolute atomic E-state index is 12.8. The summed E-state index contributed by atoms with van der Waals surface area (Å²) in [7, 11) is 0.